The van der Waals surface area contributed by atoms with E-state index >= 15 is 0 Å². The van der Waals surface area contributed by atoms with Crippen molar-refractivity contribution in [1.82, 2.24) is 15.3 Å². The highest BCUT2D eigenvalue weighted by Crippen LogP contribution is 2.41. The van der Waals surface area contributed by atoms with Crippen molar-refractivity contribution < 1.29 is 32.3 Å². The van der Waals surface area contributed by atoms with Gasteiger partial charge in [-0.05, 0) is 49.4 Å². The average molecular weight is 416 g/mol. The smallest absolute Gasteiger partial charge is 0.475 e. The zero-order chi connectivity index (χ0) is 21.2. The van der Waals surface area contributed by atoms with E-state index in [1.807, 2.05) is 0 Å². The number of halogens is 4. The largest absolute Gasteiger partial charge is 0.490 e. The van der Waals surface area contributed by atoms with Crippen molar-refractivity contribution in [3.05, 3.63) is 29.8 Å². The van der Waals surface area contributed by atoms with E-state index < -0.39 is 12.1 Å². The van der Waals surface area contributed by atoms with Crippen LogP contribution in [0.25, 0.3) is 0 Å². The highest BCUT2D eigenvalue weighted by Gasteiger charge is 2.43. The molecule has 3 atom stereocenters. The minimum atomic E-state index is -5.08. The van der Waals surface area contributed by atoms with Crippen LogP contribution in [-0.2, 0) is 9.59 Å². The summed E-state index contributed by atoms with van der Waals surface area (Å²) in [5.74, 6) is -1.76. The summed E-state index contributed by atoms with van der Waals surface area (Å²) in [6, 6.07) is 1.23. The second kappa shape index (κ2) is 8.44. The van der Waals surface area contributed by atoms with Gasteiger partial charge in [0.1, 0.15) is 5.82 Å². The number of rotatable bonds is 2. The quantitative estimate of drug-likeness (QED) is 0.722. The van der Waals surface area contributed by atoms with Gasteiger partial charge in [-0.15, -0.1) is 0 Å². The molecule has 29 heavy (non-hydrogen) atoms. The number of pyridine rings is 1. The Kier molecular flexibility index (Phi) is 6.15. The fourth-order valence-corrected chi connectivity index (χ4v) is 4.07. The Morgan fingerprint density at radius 1 is 1.17 bits per heavy atom. The summed E-state index contributed by atoms with van der Waals surface area (Å²) in [5.41, 5.74) is 0.714. The molecular weight excluding hydrogens is 396 g/mol. The van der Waals surface area contributed by atoms with Gasteiger partial charge in [0, 0.05) is 24.8 Å². The molecule has 0 aromatic carbocycles. The number of carbonyl (C=O) groups excluding carboxylic acids is 1. The second-order valence-corrected chi connectivity index (χ2v) is 7.32. The number of carbonyl (C=O) groups is 2. The number of nitrogens with zero attached hydrogens (tertiary/aromatic N) is 3. The Labute approximate surface area is 163 Å². The van der Waals surface area contributed by atoms with E-state index in [4.69, 9.17) is 9.90 Å². The lowest BCUT2D eigenvalue weighted by molar-refractivity contribution is -0.192. The molecule has 1 aromatic heterocycles. The summed E-state index contributed by atoms with van der Waals surface area (Å²) in [5, 5.41) is 16.3. The van der Waals surface area contributed by atoms with Gasteiger partial charge in [-0.2, -0.15) is 18.3 Å². The Morgan fingerprint density at radius 3 is 2.34 bits per heavy atom. The van der Waals surface area contributed by atoms with Crippen LogP contribution in [0.3, 0.4) is 0 Å². The van der Waals surface area contributed by atoms with Crippen LogP contribution >= 0.6 is 0 Å². The predicted octanol–water partition coefficient (Wildman–Crippen LogP) is 2.36. The molecule has 4 rings (SSSR count). The molecule has 1 amide bonds. The summed E-state index contributed by atoms with van der Waals surface area (Å²) < 4.78 is 45.1. The molecule has 11 heteroatoms. The van der Waals surface area contributed by atoms with Crippen molar-refractivity contribution in [2.45, 2.75) is 31.5 Å². The molecule has 1 aromatic rings. The molecule has 1 aliphatic carbocycles. The highest BCUT2D eigenvalue weighted by atomic mass is 19.4. The van der Waals surface area contributed by atoms with Crippen LogP contribution in [0.4, 0.5) is 17.6 Å². The average Bonchev–Trinajstić information content (AvgIpc) is 3.36. The van der Waals surface area contributed by atoms with Crippen molar-refractivity contribution in [3.63, 3.8) is 0 Å². The summed E-state index contributed by atoms with van der Waals surface area (Å²) in [7, 11) is 0. The Hall–Kier alpha value is -2.56. The topological polar surface area (TPSA) is 94.9 Å². The number of hydrazone groups is 1. The fourth-order valence-electron chi connectivity index (χ4n) is 4.07. The van der Waals surface area contributed by atoms with Crippen LogP contribution in [0.2, 0.25) is 0 Å². The van der Waals surface area contributed by atoms with Crippen molar-refractivity contribution >= 4 is 18.1 Å². The number of fused-ring (bicyclic) bond motifs is 1. The molecule has 1 saturated heterocycles. The third-order valence-electron chi connectivity index (χ3n) is 5.41. The molecule has 3 unspecified atom stereocenters. The summed E-state index contributed by atoms with van der Waals surface area (Å²) >= 11 is 0. The van der Waals surface area contributed by atoms with E-state index in [0.29, 0.717) is 23.8 Å². The molecule has 3 aliphatic rings. The van der Waals surface area contributed by atoms with Gasteiger partial charge in [0.15, 0.2) is 0 Å². The second-order valence-electron chi connectivity index (χ2n) is 7.32. The van der Waals surface area contributed by atoms with Gasteiger partial charge in [0.05, 0.1) is 12.2 Å². The van der Waals surface area contributed by atoms with Crippen molar-refractivity contribution in [3.8, 4) is 0 Å². The minimum absolute atomic E-state index is 0.0522. The molecule has 2 aliphatic heterocycles. The van der Waals surface area contributed by atoms with E-state index in [0.717, 1.165) is 25.9 Å². The van der Waals surface area contributed by atoms with Gasteiger partial charge in [-0.3, -0.25) is 9.78 Å². The SMILES string of the molecule is O=C(C1CC2CNCC2C1)N1N=CCC1c1cncc(F)c1.O=C(O)C(F)(F)F. The third kappa shape index (κ3) is 4.89. The van der Waals surface area contributed by atoms with Crippen molar-refractivity contribution in [2.24, 2.45) is 22.9 Å². The van der Waals surface area contributed by atoms with Crippen molar-refractivity contribution in [1.29, 1.82) is 0 Å². The number of nitrogens with one attached hydrogen (secondary N) is 1. The Balaban J connectivity index is 0.000000298. The molecule has 7 nitrogen and oxygen atoms in total. The number of amides is 1. The molecule has 0 spiro atoms. The van der Waals surface area contributed by atoms with E-state index in [2.05, 4.69) is 15.4 Å². The molecule has 1 saturated carbocycles. The van der Waals surface area contributed by atoms with Gasteiger partial charge >= 0.3 is 12.1 Å². The standard InChI is InChI=1S/C16H19FN4O.C2HF3O2/c17-14-5-13(8-19-9-14)15-1-2-20-21(15)16(22)10-3-11-6-18-7-12(11)4-10;3-2(4,5)1(6)7/h2,5,8-12,15,18H,1,3-4,6-7H2;(H,6,7). The zero-order valence-electron chi connectivity index (χ0n) is 15.3. The van der Waals surface area contributed by atoms with Crippen LogP contribution < -0.4 is 5.32 Å². The number of aliphatic carboxylic acids is 1. The zero-order valence-corrected chi connectivity index (χ0v) is 15.3. The van der Waals surface area contributed by atoms with Gasteiger partial charge in [-0.25, -0.2) is 14.2 Å². The van der Waals surface area contributed by atoms with Gasteiger partial charge in [0.2, 0.25) is 5.91 Å². The Bertz CT molecular complexity index is 790. The molecule has 158 valence electrons. The van der Waals surface area contributed by atoms with Crippen LogP contribution in [0.5, 0.6) is 0 Å². The molecular formula is C18H20F4N4O3. The van der Waals surface area contributed by atoms with Gasteiger partial charge in [-0.1, -0.05) is 0 Å². The lowest BCUT2D eigenvalue weighted by atomic mass is 10.0. The lowest BCUT2D eigenvalue weighted by Crippen LogP contribution is -2.32. The maximum atomic E-state index is 13.4. The first-order valence-electron chi connectivity index (χ1n) is 9.13. The number of carboxylic acid groups (broad SMARTS) is 1. The van der Waals surface area contributed by atoms with E-state index in [1.165, 1.54) is 12.3 Å². The maximum Gasteiger partial charge on any atom is 0.490 e. The summed E-state index contributed by atoms with van der Waals surface area (Å²) in [6.07, 6.45) is 1.96. The monoisotopic (exact) mass is 416 g/mol. The molecule has 0 radical (unpaired) electrons. The number of aromatic nitrogens is 1. The first kappa shape index (κ1) is 21.2. The van der Waals surface area contributed by atoms with Gasteiger partial charge < -0.3 is 10.4 Å². The fraction of sp³-hybridized carbons (Fsp3) is 0.556. The minimum Gasteiger partial charge on any atom is -0.475 e. The normalized spacial score (nSPS) is 28.1. The molecule has 2 N–H and O–H groups in total. The van der Waals surface area contributed by atoms with Gasteiger partial charge in [0.25, 0.3) is 0 Å². The number of carboxylic acids is 1. The van der Waals surface area contributed by atoms with Crippen LogP contribution in [0.1, 0.15) is 30.9 Å². The van der Waals surface area contributed by atoms with Crippen molar-refractivity contribution in [2.75, 3.05) is 13.1 Å². The molecule has 0 bridgehead atoms. The van der Waals surface area contributed by atoms with E-state index in [1.54, 1.807) is 17.4 Å². The summed E-state index contributed by atoms with van der Waals surface area (Å²) in [4.78, 5) is 25.6. The first-order valence-corrected chi connectivity index (χ1v) is 9.13. The predicted molar refractivity (Wildman–Crippen MR) is 93.2 cm³/mol. The number of alkyl halides is 3. The third-order valence-corrected chi connectivity index (χ3v) is 5.41. The van der Waals surface area contributed by atoms with E-state index in [9.17, 15) is 22.4 Å². The maximum absolute atomic E-state index is 13.4. The number of hydrogen-bond donors (Lipinski definition) is 2. The first-order chi connectivity index (χ1) is 13.7. The lowest BCUT2D eigenvalue weighted by Gasteiger charge is -2.25. The summed E-state index contributed by atoms with van der Waals surface area (Å²) in [6.45, 7) is 2.05. The number of hydrogen-bond acceptors (Lipinski definition) is 5. The van der Waals surface area contributed by atoms with Crippen LogP contribution in [-0.4, -0.2) is 52.5 Å². The highest BCUT2D eigenvalue weighted by molar-refractivity contribution is 5.82. The molecule has 2 fully saturated rings. The van der Waals surface area contributed by atoms with Crippen LogP contribution in [0.15, 0.2) is 23.6 Å². The Morgan fingerprint density at radius 2 is 1.79 bits per heavy atom. The van der Waals surface area contributed by atoms with Crippen LogP contribution in [0, 0.1) is 23.6 Å². The molecule has 3 heterocycles. The van der Waals surface area contributed by atoms with E-state index in [-0.39, 0.29) is 23.7 Å².